The summed E-state index contributed by atoms with van der Waals surface area (Å²) in [5.41, 5.74) is 4.46. The van der Waals surface area contributed by atoms with Crippen molar-refractivity contribution in [3.8, 4) is 6.07 Å². The Labute approximate surface area is 158 Å². The molecule has 2 aromatic rings. The largest absolute Gasteiger partial charge is 0.348 e. The molecular weight excluding hydrogens is 340 g/mol. The highest BCUT2D eigenvalue weighted by Crippen LogP contribution is 2.24. The number of fused-ring (bicyclic) bond motifs is 1. The lowest BCUT2D eigenvalue weighted by molar-refractivity contribution is -0.122. The standard InChI is InChI=1S/C21H24N4O2/c1-13-14(2)24-25(21(27)19(13)11-22)12-20(26)23-15(3)17-9-8-16-6-4-5-7-18(16)10-17/h8-10,15H,4-7,12H2,1-3H3,(H,23,26). The molecule has 27 heavy (non-hydrogen) atoms. The van der Waals surface area contributed by atoms with Crippen LogP contribution < -0.4 is 10.9 Å². The molecule has 1 N–H and O–H groups in total. The smallest absolute Gasteiger partial charge is 0.285 e. The van der Waals surface area contributed by atoms with E-state index in [0.717, 1.165) is 23.1 Å². The van der Waals surface area contributed by atoms with E-state index in [2.05, 4.69) is 28.6 Å². The van der Waals surface area contributed by atoms with Gasteiger partial charge in [0.15, 0.2) is 0 Å². The van der Waals surface area contributed by atoms with Gasteiger partial charge in [-0.05, 0) is 68.7 Å². The van der Waals surface area contributed by atoms with Gasteiger partial charge in [-0.25, -0.2) is 4.68 Å². The predicted octanol–water partition coefficient (Wildman–Crippen LogP) is 2.49. The molecule has 0 saturated heterocycles. The van der Waals surface area contributed by atoms with Gasteiger partial charge in [0.25, 0.3) is 5.56 Å². The fourth-order valence-corrected chi connectivity index (χ4v) is 3.54. The van der Waals surface area contributed by atoms with E-state index in [0.29, 0.717) is 11.3 Å². The third-order valence-electron chi connectivity index (χ3n) is 5.29. The number of benzene rings is 1. The number of carbonyl (C=O) groups excluding carboxylic acids is 1. The average molecular weight is 364 g/mol. The van der Waals surface area contributed by atoms with Gasteiger partial charge in [0.05, 0.1) is 11.7 Å². The van der Waals surface area contributed by atoms with Crippen LogP contribution >= 0.6 is 0 Å². The molecule has 0 bridgehead atoms. The number of rotatable bonds is 4. The molecule has 1 aliphatic rings. The van der Waals surface area contributed by atoms with E-state index in [1.54, 1.807) is 13.8 Å². The SMILES string of the molecule is Cc1nn(CC(=O)NC(C)c2ccc3c(c2)CCCC3)c(=O)c(C#N)c1C. The Balaban J connectivity index is 1.74. The van der Waals surface area contributed by atoms with Crippen LogP contribution in [-0.2, 0) is 24.2 Å². The van der Waals surface area contributed by atoms with Gasteiger partial charge in [-0.1, -0.05) is 18.2 Å². The Morgan fingerprint density at radius 2 is 2.00 bits per heavy atom. The number of aromatic nitrogens is 2. The first-order valence-corrected chi connectivity index (χ1v) is 9.30. The van der Waals surface area contributed by atoms with Crippen LogP contribution in [0.5, 0.6) is 0 Å². The van der Waals surface area contributed by atoms with Crippen LogP contribution in [0.4, 0.5) is 0 Å². The first-order chi connectivity index (χ1) is 12.9. The van der Waals surface area contributed by atoms with Crippen molar-refractivity contribution in [2.24, 2.45) is 0 Å². The summed E-state index contributed by atoms with van der Waals surface area (Å²) in [5, 5.41) is 16.3. The van der Waals surface area contributed by atoms with Crippen LogP contribution in [0.2, 0.25) is 0 Å². The van der Waals surface area contributed by atoms with Crippen molar-refractivity contribution in [2.75, 3.05) is 0 Å². The minimum absolute atomic E-state index is 0.0398. The molecule has 1 unspecified atom stereocenters. The lowest BCUT2D eigenvalue weighted by Crippen LogP contribution is -2.36. The normalized spacial score (nSPS) is 14.1. The number of nitrogens with one attached hydrogen (secondary N) is 1. The van der Waals surface area contributed by atoms with Crippen LogP contribution in [0, 0.1) is 25.2 Å². The van der Waals surface area contributed by atoms with Crippen molar-refractivity contribution in [3.05, 3.63) is 62.1 Å². The molecule has 1 aromatic heterocycles. The summed E-state index contributed by atoms with van der Waals surface area (Å²) in [6.45, 7) is 5.13. The van der Waals surface area contributed by atoms with Crippen molar-refractivity contribution < 1.29 is 4.79 Å². The van der Waals surface area contributed by atoms with E-state index in [1.807, 2.05) is 13.0 Å². The molecule has 1 amide bonds. The summed E-state index contributed by atoms with van der Waals surface area (Å²) >= 11 is 0. The number of hydrogen-bond acceptors (Lipinski definition) is 4. The van der Waals surface area contributed by atoms with Crippen molar-refractivity contribution in [3.63, 3.8) is 0 Å². The number of nitriles is 1. The van der Waals surface area contributed by atoms with Crippen molar-refractivity contribution in [2.45, 2.75) is 59.0 Å². The first-order valence-electron chi connectivity index (χ1n) is 9.30. The molecular formula is C21H24N4O2. The lowest BCUT2D eigenvalue weighted by atomic mass is 9.89. The van der Waals surface area contributed by atoms with E-state index >= 15 is 0 Å². The highest BCUT2D eigenvalue weighted by Gasteiger charge is 2.17. The second-order valence-corrected chi connectivity index (χ2v) is 7.18. The Morgan fingerprint density at radius 1 is 1.30 bits per heavy atom. The van der Waals surface area contributed by atoms with Gasteiger partial charge >= 0.3 is 0 Å². The fraction of sp³-hybridized carbons (Fsp3) is 0.429. The maximum atomic E-state index is 12.4. The zero-order valence-corrected chi connectivity index (χ0v) is 16.0. The van der Waals surface area contributed by atoms with Crippen LogP contribution in [-0.4, -0.2) is 15.7 Å². The van der Waals surface area contributed by atoms with E-state index in [-0.39, 0.29) is 24.1 Å². The van der Waals surface area contributed by atoms with Gasteiger partial charge in [-0.15, -0.1) is 0 Å². The van der Waals surface area contributed by atoms with E-state index < -0.39 is 5.56 Å². The second-order valence-electron chi connectivity index (χ2n) is 7.18. The molecule has 3 rings (SSSR count). The minimum atomic E-state index is -0.530. The highest BCUT2D eigenvalue weighted by molar-refractivity contribution is 5.76. The van der Waals surface area contributed by atoms with E-state index in [1.165, 1.54) is 24.0 Å². The molecule has 0 radical (unpaired) electrons. The Hall–Kier alpha value is -2.94. The maximum absolute atomic E-state index is 12.4. The summed E-state index contributed by atoms with van der Waals surface area (Å²) in [5.74, 6) is -0.304. The third kappa shape index (κ3) is 3.92. The van der Waals surface area contributed by atoms with Crippen molar-refractivity contribution >= 4 is 5.91 Å². The number of aryl methyl sites for hydroxylation is 3. The van der Waals surface area contributed by atoms with Crippen LogP contribution in [0.3, 0.4) is 0 Å². The second kappa shape index (κ2) is 7.75. The zero-order chi connectivity index (χ0) is 19.6. The summed E-state index contributed by atoms with van der Waals surface area (Å²) in [6, 6.07) is 8.13. The molecule has 1 aliphatic carbocycles. The summed E-state index contributed by atoms with van der Waals surface area (Å²) in [6.07, 6.45) is 4.66. The average Bonchev–Trinajstić information content (AvgIpc) is 2.66. The van der Waals surface area contributed by atoms with Crippen LogP contribution in [0.15, 0.2) is 23.0 Å². The zero-order valence-electron chi connectivity index (χ0n) is 16.0. The van der Waals surface area contributed by atoms with Gasteiger partial charge in [-0.3, -0.25) is 9.59 Å². The molecule has 0 spiro atoms. The van der Waals surface area contributed by atoms with Crippen molar-refractivity contribution in [1.29, 1.82) is 5.26 Å². The van der Waals surface area contributed by atoms with Gasteiger partial charge in [0, 0.05) is 0 Å². The summed E-state index contributed by atoms with van der Waals surface area (Å²) < 4.78 is 1.07. The number of hydrogen-bond donors (Lipinski definition) is 1. The quantitative estimate of drug-likeness (QED) is 0.903. The number of carbonyl (C=O) groups is 1. The fourth-order valence-electron chi connectivity index (χ4n) is 3.54. The molecule has 0 aliphatic heterocycles. The molecule has 6 nitrogen and oxygen atoms in total. The Morgan fingerprint density at radius 3 is 2.70 bits per heavy atom. The number of nitrogens with zero attached hydrogens (tertiary/aromatic N) is 3. The number of amides is 1. The van der Waals surface area contributed by atoms with Crippen LogP contribution in [0.1, 0.15) is 59.3 Å². The van der Waals surface area contributed by atoms with Crippen LogP contribution in [0.25, 0.3) is 0 Å². The van der Waals surface area contributed by atoms with Crippen molar-refractivity contribution in [1.82, 2.24) is 15.1 Å². The minimum Gasteiger partial charge on any atom is -0.348 e. The first kappa shape index (κ1) is 18.8. The van der Waals surface area contributed by atoms with Gasteiger partial charge in [0.2, 0.25) is 5.91 Å². The molecule has 1 atom stereocenters. The summed E-state index contributed by atoms with van der Waals surface area (Å²) in [7, 11) is 0. The Kier molecular flexibility index (Phi) is 5.41. The Bertz CT molecular complexity index is 985. The van der Waals surface area contributed by atoms with E-state index in [9.17, 15) is 14.9 Å². The molecule has 0 saturated carbocycles. The highest BCUT2D eigenvalue weighted by atomic mass is 16.2. The topological polar surface area (TPSA) is 87.8 Å². The molecule has 1 heterocycles. The molecule has 0 fully saturated rings. The monoisotopic (exact) mass is 364 g/mol. The third-order valence-corrected chi connectivity index (χ3v) is 5.29. The van der Waals surface area contributed by atoms with Gasteiger partial charge in [0.1, 0.15) is 18.2 Å². The van der Waals surface area contributed by atoms with E-state index in [4.69, 9.17) is 0 Å². The maximum Gasteiger partial charge on any atom is 0.285 e. The molecule has 140 valence electrons. The molecule has 1 aromatic carbocycles. The lowest BCUT2D eigenvalue weighted by Gasteiger charge is -2.20. The predicted molar refractivity (Wildman–Crippen MR) is 102 cm³/mol. The van der Waals surface area contributed by atoms with Gasteiger partial charge < -0.3 is 5.32 Å². The molecule has 6 heteroatoms. The summed E-state index contributed by atoms with van der Waals surface area (Å²) in [4.78, 5) is 24.8. The van der Waals surface area contributed by atoms with Gasteiger partial charge in [-0.2, -0.15) is 10.4 Å².